The quantitative estimate of drug-likeness (QED) is 0.862. The fourth-order valence-electron chi connectivity index (χ4n) is 3.03. The Kier molecular flexibility index (Phi) is 4.77. The van der Waals surface area contributed by atoms with Crippen molar-refractivity contribution in [3.05, 3.63) is 59.9 Å². The van der Waals surface area contributed by atoms with E-state index in [1.807, 2.05) is 80.2 Å². The Labute approximate surface area is 149 Å². The third kappa shape index (κ3) is 3.66. The fourth-order valence-corrected chi connectivity index (χ4v) is 3.03. The molecule has 0 spiro atoms. The number of hydrogen-bond acceptors (Lipinski definition) is 4. The first kappa shape index (κ1) is 17.4. The predicted molar refractivity (Wildman–Crippen MR) is 98.8 cm³/mol. The van der Waals surface area contributed by atoms with E-state index in [0.29, 0.717) is 18.8 Å². The zero-order valence-corrected chi connectivity index (χ0v) is 15.3. The molecule has 0 N–H and O–H groups in total. The number of pyridine rings is 1. The number of rotatable bonds is 3. The standard InChI is InChI=1S/C20H25N3O2/c1-20(2)14-25-18(15-8-6-5-7-9-15)13-23(20)19(24)17-12-16(22(3)4)10-11-21-17/h5-12,18H,13-14H2,1-4H3/t18-/m0/s1. The van der Waals surface area contributed by atoms with Crippen LogP contribution >= 0.6 is 0 Å². The molecule has 1 saturated heterocycles. The zero-order chi connectivity index (χ0) is 18.0. The molecule has 0 aliphatic carbocycles. The molecule has 1 aliphatic heterocycles. The number of benzene rings is 1. The summed E-state index contributed by atoms with van der Waals surface area (Å²) in [6.45, 7) is 5.07. The van der Waals surface area contributed by atoms with Crippen molar-refractivity contribution in [3.8, 4) is 0 Å². The van der Waals surface area contributed by atoms with Crippen molar-refractivity contribution >= 4 is 11.6 Å². The van der Waals surface area contributed by atoms with Crippen molar-refractivity contribution in [2.75, 3.05) is 32.1 Å². The fraction of sp³-hybridized carbons (Fsp3) is 0.400. The Morgan fingerprint density at radius 2 is 1.96 bits per heavy atom. The van der Waals surface area contributed by atoms with Gasteiger partial charge in [-0.1, -0.05) is 30.3 Å². The average molecular weight is 339 g/mol. The molecule has 0 saturated carbocycles. The summed E-state index contributed by atoms with van der Waals surface area (Å²) in [5, 5.41) is 0. The van der Waals surface area contributed by atoms with Crippen molar-refractivity contribution in [2.24, 2.45) is 0 Å². The topological polar surface area (TPSA) is 45.7 Å². The van der Waals surface area contributed by atoms with Gasteiger partial charge in [0.25, 0.3) is 5.91 Å². The average Bonchev–Trinajstić information content (AvgIpc) is 2.62. The second-order valence-electron chi connectivity index (χ2n) is 7.23. The highest BCUT2D eigenvalue weighted by molar-refractivity contribution is 5.93. The summed E-state index contributed by atoms with van der Waals surface area (Å²) in [4.78, 5) is 21.3. The number of ether oxygens (including phenoxy) is 1. The molecule has 2 aromatic rings. The molecule has 1 fully saturated rings. The van der Waals surface area contributed by atoms with Gasteiger partial charge in [0.05, 0.1) is 18.7 Å². The largest absolute Gasteiger partial charge is 0.378 e. The zero-order valence-electron chi connectivity index (χ0n) is 15.3. The van der Waals surface area contributed by atoms with Gasteiger partial charge in [-0.15, -0.1) is 0 Å². The van der Waals surface area contributed by atoms with Gasteiger partial charge in [0, 0.05) is 26.0 Å². The van der Waals surface area contributed by atoms with Crippen molar-refractivity contribution in [2.45, 2.75) is 25.5 Å². The molecule has 132 valence electrons. The number of amides is 1. The van der Waals surface area contributed by atoms with Crippen LogP contribution in [0.3, 0.4) is 0 Å². The van der Waals surface area contributed by atoms with Crippen LogP contribution < -0.4 is 4.90 Å². The molecular formula is C20H25N3O2. The normalized spacial score (nSPS) is 19.5. The molecule has 25 heavy (non-hydrogen) atoms. The van der Waals surface area contributed by atoms with Gasteiger partial charge in [0.2, 0.25) is 0 Å². The first-order valence-electron chi connectivity index (χ1n) is 8.50. The summed E-state index contributed by atoms with van der Waals surface area (Å²) in [6.07, 6.45) is 1.57. The molecule has 1 aromatic heterocycles. The van der Waals surface area contributed by atoms with Gasteiger partial charge >= 0.3 is 0 Å². The van der Waals surface area contributed by atoms with Crippen LogP contribution in [0.15, 0.2) is 48.7 Å². The lowest BCUT2D eigenvalue weighted by Crippen LogP contribution is -2.56. The van der Waals surface area contributed by atoms with E-state index in [-0.39, 0.29) is 17.6 Å². The van der Waals surface area contributed by atoms with E-state index in [9.17, 15) is 4.79 Å². The van der Waals surface area contributed by atoms with Crippen LogP contribution in [-0.4, -0.2) is 48.6 Å². The Morgan fingerprint density at radius 1 is 1.24 bits per heavy atom. The summed E-state index contributed by atoms with van der Waals surface area (Å²) in [5.41, 5.74) is 2.14. The molecule has 1 atom stereocenters. The molecule has 5 nitrogen and oxygen atoms in total. The Hall–Kier alpha value is -2.40. The van der Waals surface area contributed by atoms with Gasteiger partial charge < -0.3 is 14.5 Å². The minimum atomic E-state index is -0.377. The summed E-state index contributed by atoms with van der Waals surface area (Å²) < 4.78 is 6.03. The lowest BCUT2D eigenvalue weighted by atomic mass is 9.97. The summed E-state index contributed by atoms with van der Waals surface area (Å²) in [6, 6.07) is 13.8. The van der Waals surface area contributed by atoms with Crippen LogP contribution in [0.1, 0.15) is 36.0 Å². The predicted octanol–water partition coefficient (Wildman–Crippen LogP) is 3.14. The lowest BCUT2D eigenvalue weighted by molar-refractivity contribution is -0.0848. The van der Waals surface area contributed by atoms with Gasteiger partial charge in [-0.05, 0) is 31.5 Å². The molecule has 0 radical (unpaired) electrons. The number of anilines is 1. The number of nitrogens with zero attached hydrogens (tertiary/aromatic N) is 3. The number of morpholine rings is 1. The molecule has 0 unspecified atom stereocenters. The van der Waals surface area contributed by atoms with Gasteiger partial charge in [0.15, 0.2) is 0 Å². The lowest BCUT2D eigenvalue weighted by Gasteiger charge is -2.45. The van der Waals surface area contributed by atoms with Crippen molar-refractivity contribution in [1.82, 2.24) is 9.88 Å². The van der Waals surface area contributed by atoms with E-state index < -0.39 is 0 Å². The van der Waals surface area contributed by atoms with Gasteiger partial charge in [-0.25, -0.2) is 0 Å². The first-order chi connectivity index (χ1) is 11.9. The van der Waals surface area contributed by atoms with E-state index in [0.717, 1.165) is 11.3 Å². The maximum absolute atomic E-state index is 13.2. The monoisotopic (exact) mass is 339 g/mol. The minimum absolute atomic E-state index is 0.0575. The summed E-state index contributed by atoms with van der Waals surface area (Å²) >= 11 is 0. The second kappa shape index (κ2) is 6.84. The maximum Gasteiger partial charge on any atom is 0.273 e. The third-order valence-corrected chi connectivity index (χ3v) is 4.61. The maximum atomic E-state index is 13.2. The van der Waals surface area contributed by atoms with E-state index >= 15 is 0 Å². The summed E-state index contributed by atoms with van der Waals surface area (Å²) in [7, 11) is 3.90. The van der Waals surface area contributed by atoms with Crippen LogP contribution in [0.25, 0.3) is 0 Å². The minimum Gasteiger partial charge on any atom is -0.378 e. The van der Waals surface area contributed by atoms with E-state index in [4.69, 9.17) is 4.74 Å². The van der Waals surface area contributed by atoms with Crippen LogP contribution in [0, 0.1) is 0 Å². The molecular weight excluding hydrogens is 314 g/mol. The van der Waals surface area contributed by atoms with Crippen LogP contribution in [-0.2, 0) is 4.74 Å². The molecule has 0 bridgehead atoms. The highest BCUT2D eigenvalue weighted by atomic mass is 16.5. The molecule has 2 heterocycles. The SMILES string of the molecule is CN(C)c1ccnc(C(=O)N2C[C@@H](c3ccccc3)OCC2(C)C)c1. The van der Waals surface area contributed by atoms with Gasteiger partial charge in [-0.2, -0.15) is 0 Å². The number of carbonyl (C=O) groups excluding carboxylic acids is 1. The van der Waals surface area contributed by atoms with E-state index in [1.54, 1.807) is 6.20 Å². The van der Waals surface area contributed by atoms with Crippen LogP contribution in [0.2, 0.25) is 0 Å². The highest BCUT2D eigenvalue weighted by Crippen LogP contribution is 2.31. The van der Waals surface area contributed by atoms with Gasteiger partial charge in [0.1, 0.15) is 11.8 Å². The Balaban J connectivity index is 1.87. The Morgan fingerprint density at radius 3 is 2.64 bits per heavy atom. The van der Waals surface area contributed by atoms with Crippen LogP contribution in [0.4, 0.5) is 5.69 Å². The van der Waals surface area contributed by atoms with E-state index in [1.165, 1.54) is 0 Å². The van der Waals surface area contributed by atoms with Crippen molar-refractivity contribution < 1.29 is 9.53 Å². The molecule has 1 amide bonds. The van der Waals surface area contributed by atoms with E-state index in [2.05, 4.69) is 4.98 Å². The number of carbonyl (C=O) groups is 1. The number of aromatic nitrogens is 1. The third-order valence-electron chi connectivity index (χ3n) is 4.61. The van der Waals surface area contributed by atoms with Gasteiger partial charge in [-0.3, -0.25) is 9.78 Å². The van der Waals surface area contributed by atoms with Crippen LogP contribution in [0.5, 0.6) is 0 Å². The summed E-state index contributed by atoms with van der Waals surface area (Å²) in [5.74, 6) is -0.0575. The number of hydrogen-bond donors (Lipinski definition) is 0. The smallest absolute Gasteiger partial charge is 0.273 e. The molecule has 1 aliphatic rings. The molecule has 5 heteroatoms. The highest BCUT2D eigenvalue weighted by Gasteiger charge is 2.39. The molecule has 1 aromatic carbocycles. The second-order valence-corrected chi connectivity index (χ2v) is 7.23. The first-order valence-corrected chi connectivity index (χ1v) is 8.50. The molecule has 3 rings (SSSR count). The Bertz CT molecular complexity index is 744. The van der Waals surface area contributed by atoms with Crippen molar-refractivity contribution in [3.63, 3.8) is 0 Å². The van der Waals surface area contributed by atoms with Crippen molar-refractivity contribution in [1.29, 1.82) is 0 Å².